The number of rotatable bonds is 3. The lowest BCUT2D eigenvalue weighted by Gasteiger charge is -2.01. The summed E-state index contributed by atoms with van der Waals surface area (Å²) in [6.45, 7) is 0.468. The Bertz CT molecular complexity index is 767. The van der Waals surface area contributed by atoms with Gasteiger partial charge in [0, 0.05) is 15.0 Å². The van der Waals surface area contributed by atoms with Crippen LogP contribution in [0, 0.1) is 5.82 Å². The van der Waals surface area contributed by atoms with Gasteiger partial charge in [0.15, 0.2) is 0 Å². The van der Waals surface area contributed by atoms with Crippen LogP contribution in [-0.4, -0.2) is 5.91 Å². The Kier molecular flexibility index (Phi) is 3.74. The van der Waals surface area contributed by atoms with Gasteiger partial charge >= 0.3 is 0 Å². The molecule has 2 heterocycles. The van der Waals surface area contributed by atoms with E-state index in [2.05, 4.69) is 5.32 Å². The number of thiophene rings is 2. The van der Waals surface area contributed by atoms with E-state index in [0.717, 1.165) is 4.88 Å². The van der Waals surface area contributed by atoms with Crippen LogP contribution < -0.4 is 5.32 Å². The van der Waals surface area contributed by atoms with E-state index < -0.39 is 0 Å². The Morgan fingerprint density at radius 2 is 2.20 bits per heavy atom. The number of amides is 1. The molecule has 0 radical (unpaired) electrons. The number of halogens is 2. The average molecular weight is 326 g/mol. The number of hydrogen-bond acceptors (Lipinski definition) is 3. The van der Waals surface area contributed by atoms with Gasteiger partial charge < -0.3 is 5.32 Å². The zero-order valence-corrected chi connectivity index (χ0v) is 12.5. The van der Waals surface area contributed by atoms with E-state index in [9.17, 15) is 9.18 Å². The van der Waals surface area contributed by atoms with Crippen molar-refractivity contribution in [1.82, 2.24) is 5.32 Å². The van der Waals surface area contributed by atoms with E-state index in [1.54, 1.807) is 17.4 Å². The van der Waals surface area contributed by atoms with Gasteiger partial charge in [-0.05, 0) is 29.6 Å². The summed E-state index contributed by atoms with van der Waals surface area (Å²) in [6.07, 6.45) is 0. The van der Waals surface area contributed by atoms with Gasteiger partial charge in [-0.15, -0.1) is 22.7 Å². The monoisotopic (exact) mass is 325 g/mol. The van der Waals surface area contributed by atoms with Gasteiger partial charge in [0.2, 0.25) is 0 Å². The maximum atomic E-state index is 13.2. The molecule has 1 amide bonds. The lowest BCUT2D eigenvalue weighted by Crippen LogP contribution is -2.21. The second kappa shape index (κ2) is 5.52. The summed E-state index contributed by atoms with van der Waals surface area (Å²) in [5, 5.41) is 5.87. The van der Waals surface area contributed by atoms with Crippen molar-refractivity contribution in [1.29, 1.82) is 0 Å². The molecule has 6 heteroatoms. The molecule has 102 valence electrons. The van der Waals surface area contributed by atoms with Crippen molar-refractivity contribution in [3.05, 3.63) is 56.3 Å². The summed E-state index contributed by atoms with van der Waals surface area (Å²) >= 11 is 8.97. The highest BCUT2D eigenvalue weighted by Gasteiger charge is 2.17. The summed E-state index contributed by atoms with van der Waals surface area (Å²) in [6, 6.07) is 8.21. The van der Waals surface area contributed by atoms with E-state index in [-0.39, 0.29) is 11.7 Å². The van der Waals surface area contributed by atoms with Gasteiger partial charge in [-0.25, -0.2) is 4.39 Å². The van der Waals surface area contributed by atoms with Crippen LogP contribution in [-0.2, 0) is 6.54 Å². The molecule has 0 aliphatic rings. The van der Waals surface area contributed by atoms with Crippen LogP contribution >= 0.6 is 34.3 Å². The molecule has 1 N–H and O–H groups in total. The SMILES string of the molecule is O=C(NCc1cccs1)c1sc2cc(F)ccc2c1Cl. The molecule has 1 aromatic carbocycles. The standard InChI is InChI=1S/C14H9ClFNOS2/c15-12-10-4-3-8(16)6-11(10)20-13(12)14(18)17-7-9-2-1-5-19-9/h1-6H,7H2,(H,17,18). The average Bonchev–Trinajstić information content (AvgIpc) is 3.04. The number of carbonyl (C=O) groups excluding carboxylic acids is 1. The lowest BCUT2D eigenvalue weighted by molar-refractivity contribution is 0.0955. The molecule has 0 fully saturated rings. The smallest absolute Gasteiger partial charge is 0.263 e. The first-order chi connectivity index (χ1) is 9.65. The van der Waals surface area contributed by atoms with E-state index in [1.165, 1.54) is 23.5 Å². The number of benzene rings is 1. The molecule has 0 saturated heterocycles. The Labute approximate surface area is 127 Å². The fourth-order valence-corrected chi connectivity index (χ4v) is 3.95. The van der Waals surface area contributed by atoms with Crippen LogP contribution in [0.15, 0.2) is 35.7 Å². The fourth-order valence-electron chi connectivity index (χ4n) is 1.85. The highest BCUT2D eigenvalue weighted by molar-refractivity contribution is 7.21. The van der Waals surface area contributed by atoms with Crippen LogP contribution in [0.2, 0.25) is 5.02 Å². The number of carbonyl (C=O) groups is 1. The second-order valence-electron chi connectivity index (χ2n) is 4.15. The first-order valence-electron chi connectivity index (χ1n) is 5.83. The first-order valence-corrected chi connectivity index (χ1v) is 7.90. The highest BCUT2D eigenvalue weighted by atomic mass is 35.5. The predicted molar refractivity (Wildman–Crippen MR) is 82.3 cm³/mol. The van der Waals surface area contributed by atoms with Crippen LogP contribution in [0.3, 0.4) is 0 Å². The summed E-state index contributed by atoms with van der Waals surface area (Å²) in [5.41, 5.74) is 0. The Balaban J connectivity index is 1.85. The Morgan fingerprint density at radius 1 is 1.35 bits per heavy atom. The van der Waals surface area contributed by atoms with Gasteiger partial charge in [-0.1, -0.05) is 17.7 Å². The molecule has 0 bridgehead atoms. The quantitative estimate of drug-likeness (QED) is 0.744. The van der Waals surface area contributed by atoms with Gasteiger partial charge in [-0.3, -0.25) is 4.79 Å². The van der Waals surface area contributed by atoms with Gasteiger partial charge in [0.1, 0.15) is 10.7 Å². The van der Waals surface area contributed by atoms with E-state index in [4.69, 9.17) is 11.6 Å². The maximum Gasteiger partial charge on any atom is 0.263 e. The lowest BCUT2D eigenvalue weighted by atomic mass is 10.2. The molecular formula is C14H9ClFNOS2. The topological polar surface area (TPSA) is 29.1 Å². The fraction of sp³-hybridized carbons (Fsp3) is 0.0714. The van der Waals surface area contributed by atoms with Crippen molar-refractivity contribution >= 4 is 50.3 Å². The molecule has 20 heavy (non-hydrogen) atoms. The Hall–Kier alpha value is -1.43. The molecular weight excluding hydrogens is 317 g/mol. The van der Waals surface area contributed by atoms with Crippen molar-refractivity contribution in [3.8, 4) is 0 Å². The predicted octanol–water partition coefficient (Wildman–Crippen LogP) is 4.69. The minimum Gasteiger partial charge on any atom is -0.346 e. The van der Waals surface area contributed by atoms with Crippen LogP contribution in [0.5, 0.6) is 0 Å². The largest absolute Gasteiger partial charge is 0.346 e. The third kappa shape index (κ3) is 2.57. The third-order valence-electron chi connectivity index (χ3n) is 2.80. The van der Waals surface area contributed by atoms with E-state index in [1.807, 2.05) is 17.5 Å². The second-order valence-corrected chi connectivity index (χ2v) is 6.61. The summed E-state index contributed by atoms with van der Waals surface area (Å²) in [4.78, 5) is 13.6. The van der Waals surface area contributed by atoms with Crippen LogP contribution in [0.1, 0.15) is 14.5 Å². The molecule has 0 atom stereocenters. The molecule has 3 aromatic rings. The van der Waals surface area contributed by atoms with Crippen molar-refractivity contribution in [2.24, 2.45) is 0 Å². The normalized spacial score (nSPS) is 10.9. The summed E-state index contributed by atoms with van der Waals surface area (Å²) < 4.78 is 13.9. The van der Waals surface area contributed by atoms with Gasteiger partial charge in [-0.2, -0.15) is 0 Å². The minimum absolute atomic E-state index is 0.231. The van der Waals surface area contributed by atoms with Crippen LogP contribution in [0.4, 0.5) is 4.39 Å². The zero-order valence-electron chi connectivity index (χ0n) is 10.2. The van der Waals surface area contributed by atoms with Crippen LogP contribution in [0.25, 0.3) is 10.1 Å². The molecule has 2 nitrogen and oxygen atoms in total. The zero-order chi connectivity index (χ0) is 14.1. The minimum atomic E-state index is -0.332. The molecule has 0 aliphatic carbocycles. The number of hydrogen-bond donors (Lipinski definition) is 1. The third-order valence-corrected chi connectivity index (χ3v) is 5.33. The summed E-state index contributed by atoms with van der Waals surface area (Å²) in [5.74, 6) is -0.564. The number of nitrogens with one attached hydrogen (secondary N) is 1. The molecule has 0 aliphatic heterocycles. The van der Waals surface area contributed by atoms with Crippen molar-refractivity contribution in [2.45, 2.75) is 6.54 Å². The Morgan fingerprint density at radius 3 is 2.95 bits per heavy atom. The summed E-state index contributed by atoms with van der Waals surface area (Å²) in [7, 11) is 0. The maximum absolute atomic E-state index is 13.2. The van der Waals surface area contributed by atoms with E-state index >= 15 is 0 Å². The molecule has 0 unspecified atom stereocenters. The van der Waals surface area contributed by atoms with Crippen molar-refractivity contribution < 1.29 is 9.18 Å². The molecule has 0 saturated carbocycles. The molecule has 0 spiro atoms. The van der Waals surface area contributed by atoms with Crippen molar-refractivity contribution in [3.63, 3.8) is 0 Å². The number of fused-ring (bicyclic) bond motifs is 1. The van der Waals surface area contributed by atoms with Gasteiger partial charge in [0.25, 0.3) is 5.91 Å². The first kappa shape index (κ1) is 13.5. The molecule has 3 rings (SSSR count). The van der Waals surface area contributed by atoms with Gasteiger partial charge in [0.05, 0.1) is 11.6 Å². The molecule has 2 aromatic heterocycles. The highest BCUT2D eigenvalue weighted by Crippen LogP contribution is 2.35. The van der Waals surface area contributed by atoms with E-state index in [0.29, 0.717) is 26.5 Å². The van der Waals surface area contributed by atoms with Crippen molar-refractivity contribution in [2.75, 3.05) is 0 Å².